The van der Waals surface area contributed by atoms with Crippen molar-refractivity contribution in [2.75, 3.05) is 0 Å². The van der Waals surface area contributed by atoms with Gasteiger partial charge in [-0.3, -0.25) is 4.79 Å². The average Bonchev–Trinajstić information content (AvgIpc) is 2.50. The van der Waals surface area contributed by atoms with E-state index in [0.29, 0.717) is 0 Å². The Balaban J connectivity index is 2.09. The molecule has 4 atom stereocenters. The Kier molecular flexibility index (Phi) is 1.56. The van der Waals surface area contributed by atoms with Crippen molar-refractivity contribution < 1.29 is 24.2 Å². The molecule has 1 saturated heterocycles. The van der Waals surface area contributed by atoms with E-state index in [1.807, 2.05) is 0 Å². The van der Waals surface area contributed by atoms with Crippen molar-refractivity contribution >= 4 is 11.9 Å². The van der Waals surface area contributed by atoms with Gasteiger partial charge in [-0.15, -0.1) is 0 Å². The number of nitrogens with two attached hydrogens (primary N) is 1. The highest BCUT2D eigenvalue weighted by atomic mass is 16.7. The molecule has 2 aliphatic heterocycles. The van der Waals surface area contributed by atoms with Crippen LogP contribution in [0.3, 0.4) is 0 Å². The number of carbonyl (C=O) groups excluding carboxylic acids is 2. The maximum atomic E-state index is 11.5. The maximum absolute atomic E-state index is 11.5. The fraction of sp³-hybridized carbons (Fsp3) is 0.400. The summed E-state index contributed by atoms with van der Waals surface area (Å²) in [5.74, 6) is -2.36. The van der Waals surface area contributed by atoms with Crippen LogP contribution in [0, 0.1) is 11.8 Å². The molecule has 0 radical (unpaired) electrons. The molecule has 6 nitrogen and oxygen atoms in total. The maximum Gasteiger partial charge on any atom is 0.345 e. The Morgan fingerprint density at radius 2 is 2.25 bits per heavy atom. The van der Waals surface area contributed by atoms with Crippen molar-refractivity contribution in [2.24, 2.45) is 17.6 Å². The molecule has 0 saturated carbocycles. The molecule has 2 heterocycles. The van der Waals surface area contributed by atoms with Crippen LogP contribution in [0.5, 0.6) is 0 Å². The van der Waals surface area contributed by atoms with Gasteiger partial charge in [0.1, 0.15) is 0 Å². The Morgan fingerprint density at radius 1 is 1.50 bits per heavy atom. The van der Waals surface area contributed by atoms with Gasteiger partial charge in [-0.25, -0.2) is 4.79 Å². The molecule has 0 aromatic rings. The van der Waals surface area contributed by atoms with E-state index >= 15 is 0 Å². The first-order valence-electron chi connectivity index (χ1n) is 4.83. The number of rotatable bonds is 1. The van der Waals surface area contributed by atoms with E-state index in [9.17, 15) is 14.7 Å². The van der Waals surface area contributed by atoms with Crippen LogP contribution >= 0.6 is 0 Å². The molecule has 1 fully saturated rings. The third-order valence-corrected chi connectivity index (χ3v) is 3.18. The van der Waals surface area contributed by atoms with Crippen molar-refractivity contribution in [3.63, 3.8) is 0 Å². The zero-order chi connectivity index (χ0) is 11.5. The highest BCUT2D eigenvalue weighted by molar-refractivity contribution is 5.91. The minimum Gasteiger partial charge on any atom is -0.449 e. The first kappa shape index (κ1) is 9.41. The standard InChI is InChI=1S/C10H9NO5/c11-7(12)6-3-5-4-1-2-10(5,14)9(13)16-8(4)15-6/h1-5,8,14H,(H2,11,12)/t4-,5+,8+,10+/m1/s1. The van der Waals surface area contributed by atoms with Crippen LogP contribution in [0.15, 0.2) is 24.0 Å². The number of aliphatic hydroxyl groups is 1. The molecule has 0 aromatic heterocycles. The molecular weight excluding hydrogens is 214 g/mol. The van der Waals surface area contributed by atoms with Crippen molar-refractivity contribution in [1.82, 2.24) is 0 Å². The summed E-state index contributed by atoms with van der Waals surface area (Å²) in [6.07, 6.45) is 3.57. The Bertz CT molecular complexity index is 454. The normalized spacial score (nSPS) is 43.4. The number of primary amides is 1. The lowest BCUT2D eigenvalue weighted by molar-refractivity contribution is -0.224. The summed E-state index contributed by atoms with van der Waals surface area (Å²) in [6, 6.07) is 0. The summed E-state index contributed by atoms with van der Waals surface area (Å²) < 4.78 is 10.1. The zero-order valence-electron chi connectivity index (χ0n) is 8.12. The van der Waals surface area contributed by atoms with Crippen molar-refractivity contribution in [2.45, 2.75) is 11.9 Å². The van der Waals surface area contributed by atoms with Gasteiger partial charge in [0.15, 0.2) is 11.4 Å². The highest BCUT2D eigenvalue weighted by Crippen LogP contribution is 2.47. The monoisotopic (exact) mass is 223 g/mol. The summed E-state index contributed by atoms with van der Waals surface area (Å²) in [4.78, 5) is 22.5. The molecule has 0 unspecified atom stereocenters. The second-order valence-electron chi connectivity index (χ2n) is 4.07. The average molecular weight is 223 g/mol. The Morgan fingerprint density at radius 3 is 2.94 bits per heavy atom. The van der Waals surface area contributed by atoms with E-state index in [0.717, 1.165) is 0 Å². The minimum atomic E-state index is -1.69. The molecule has 1 aliphatic carbocycles. The highest BCUT2D eigenvalue weighted by Gasteiger charge is 2.59. The van der Waals surface area contributed by atoms with E-state index in [2.05, 4.69) is 0 Å². The van der Waals surface area contributed by atoms with Gasteiger partial charge in [0.05, 0.1) is 5.92 Å². The van der Waals surface area contributed by atoms with Crippen LogP contribution in [-0.4, -0.2) is 28.9 Å². The number of hydrogen-bond donors (Lipinski definition) is 2. The molecule has 3 aliphatic rings. The second kappa shape index (κ2) is 2.65. The Hall–Kier alpha value is -1.82. The lowest BCUT2D eigenvalue weighted by Crippen LogP contribution is -2.55. The van der Waals surface area contributed by atoms with Crippen LogP contribution in [0.25, 0.3) is 0 Å². The quantitative estimate of drug-likeness (QED) is 0.430. The molecule has 0 spiro atoms. The SMILES string of the molecule is NC(=O)C1=C[C@H]2[C@H]3C=C[C@@]2(O)C(=O)O[C@@H]3O1. The molecule has 84 valence electrons. The predicted molar refractivity (Wildman–Crippen MR) is 49.3 cm³/mol. The minimum absolute atomic E-state index is 0.0686. The number of hydrogen-bond acceptors (Lipinski definition) is 5. The van der Waals surface area contributed by atoms with Gasteiger partial charge in [0.25, 0.3) is 12.2 Å². The van der Waals surface area contributed by atoms with Gasteiger partial charge in [-0.1, -0.05) is 6.08 Å². The summed E-state index contributed by atoms with van der Waals surface area (Å²) in [5, 5.41) is 10.1. The second-order valence-corrected chi connectivity index (χ2v) is 4.07. The van der Waals surface area contributed by atoms with Crippen LogP contribution in [0.1, 0.15) is 0 Å². The molecule has 3 N–H and O–H groups in total. The van der Waals surface area contributed by atoms with Gasteiger partial charge >= 0.3 is 5.97 Å². The molecule has 1 amide bonds. The lowest BCUT2D eigenvalue weighted by atomic mass is 9.80. The van der Waals surface area contributed by atoms with Gasteiger partial charge in [-0.2, -0.15) is 0 Å². The van der Waals surface area contributed by atoms with E-state index in [4.69, 9.17) is 15.2 Å². The van der Waals surface area contributed by atoms with Gasteiger partial charge in [-0.05, 0) is 12.2 Å². The Labute approximate surface area is 90.3 Å². The number of esters is 1. The predicted octanol–water partition coefficient (Wildman–Crippen LogP) is -1.20. The summed E-state index contributed by atoms with van der Waals surface area (Å²) in [6.45, 7) is 0. The fourth-order valence-corrected chi connectivity index (χ4v) is 2.33. The topological polar surface area (TPSA) is 98.9 Å². The number of amides is 1. The molecule has 3 rings (SSSR count). The summed E-state index contributed by atoms with van der Waals surface area (Å²) in [7, 11) is 0. The third kappa shape index (κ3) is 0.943. The van der Waals surface area contributed by atoms with Crippen LogP contribution < -0.4 is 5.73 Å². The zero-order valence-corrected chi connectivity index (χ0v) is 8.12. The largest absolute Gasteiger partial charge is 0.449 e. The molecule has 0 aromatic carbocycles. The lowest BCUT2D eigenvalue weighted by Gasteiger charge is -2.41. The number of carbonyl (C=O) groups is 2. The molecule has 16 heavy (non-hydrogen) atoms. The smallest absolute Gasteiger partial charge is 0.345 e. The van der Waals surface area contributed by atoms with Crippen molar-refractivity contribution in [3.05, 3.63) is 24.0 Å². The number of ether oxygens (including phenoxy) is 2. The first-order valence-corrected chi connectivity index (χ1v) is 4.83. The van der Waals surface area contributed by atoms with Gasteiger partial charge in [0, 0.05) is 5.92 Å². The fourth-order valence-electron chi connectivity index (χ4n) is 2.33. The van der Waals surface area contributed by atoms with Crippen LogP contribution in [0.4, 0.5) is 0 Å². The first-order chi connectivity index (χ1) is 7.52. The molecule has 6 heteroatoms. The van der Waals surface area contributed by atoms with E-state index in [-0.39, 0.29) is 11.7 Å². The summed E-state index contributed by atoms with van der Waals surface area (Å²) in [5.41, 5.74) is 3.40. The van der Waals surface area contributed by atoms with E-state index < -0.39 is 29.7 Å². The van der Waals surface area contributed by atoms with E-state index in [1.54, 1.807) is 6.08 Å². The van der Waals surface area contributed by atoms with Crippen LogP contribution in [0.2, 0.25) is 0 Å². The van der Waals surface area contributed by atoms with E-state index in [1.165, 1.54) is 12.2 Å². The molecular formula is C10H9NO5. The van der Waals surface area contributed by atoms with Crippen molar-refractivity contribution in [1.29, 1.82) is 0 Å². The summed E-state index contributed by atoms with van der Waals surface area (Å²) >= 11 is 0. The van der Waals surface area contributed by atoms with Crippen molar-refractivity contribution in [3.8, 4) is 0 Å². The van der Waals surface area contributed by atoms with Gasteiger partial charge < -0.3 is 20.3 Å². The third-order valence-electron chi connectivity index (χ3n) is 3.18. The van der Waals surface area contributed by atoms with Gasteiger partial charge in [0.2, 0.25) is 0 Å². The molecule has 4 bridgehead atoms. The van der Waals surface area contributed by atoms with Crippen LogP contribution in [-0.2, 0) is 19.1 Å².